The van der Waals surface area contributed by atoms with Crippen molar-refractivity contribution >= 4 is 17.5 Å². The maximum absolute atomic E-state index is 12.8. The Morgan fingerprint density at radius 1 is 1.14 bits per heavy atom. The molecule has 1 aliphatic heterocycles. The minimum atomic E-state index is -0.576. The third-order valence-corrected chi connectivity index (χ3v) is 4.54. The van der Waals surface area contributed by atoms with Crippen LogP contribution in [0.2, 0.25) is 0 Å². The average Bonchev–Trinajstić information content (AvgIpc) is 2.69. The highest BCUT2D eigenvalue weighted by Crippen LogP contribution is 2.38. The summed E-state index contributed by atoms with van der Waals surface area (Å²) in [5, 5.41) is 0. The molecule has 1 spiro atoms. The van der Waals surface area contributed by atoms with E-state index in [1.54, 1.807) is 4.90 Å². The van der Waals surface area contributed by atoms with Crippen molar-refractivity contribution in [3.05, 3.63) is 35.9 Å². The minimum absolute atomic E-state index is 0.0569. The van der Waals surface area contributed by atoms with E-state index in [-0.39, 0.29) is 12.5 Å². The summed E-state index contributed by atoms with van der Waals surface area (Å²) in [5.41, 5.74) is 6.06. The minimum Gasteiger partial charge on any atom is -0.368 e. The first kappa shape index (κ1) is 14.8. The first-order valence-corrected chi connectivity index (χ1v) is 7.88. The van der Waals surface area contributed by atoms with E-state index in [0.717, 1.165) is 44.1 Å². The SMILES string of the molecule is NC(=O)CN1C(=O)C(c2ccccc2)=NC12CCCCCC2. The van der Waals surface area contributed by atoms with Crippen molar-refractivity contribution in [2.45, 2.75) is 44.2 Å². The Kier molecular flexibility index (Phi) is 3.96. The predicted molar refractivity (Wildman–Crippen MR) is 84.3 cm³/mol. The normalized spacial score (nSPS) is 20.8. The van der Waals surface area contributed by atoms with Gasteiger partial charge in [-0.05, 0) is 25.7 Å². The van der Waals surface area contributed by atoms with E-state index in [4.69, 9.17) is 10.7 Å². The average molecular weight is 299 g/mol. The monoisotopic (exact) mass is 299 g/mol. The summed E-state index contributed by atoms with van der Waals surface area (Å²) in [6.45, 7) is -0.0569. The highest BCUT2D eigenvalue weighted by molar-refractivity contribution is 6.47. The molecule has 0 bridgehead atoms. The van der Waals surface area contributed by atoms with Crippen LogP contribution in [-0.4, -0.2) is 34.6 Å². The number of aliphatic imine (C=N–C) groups is 1. The first-order chi connectivity index (χ1) is 10.6. The molecule has 1 aliphatic carbocycles. The molecule has 1 aromatic carbocycles. The van der Waals surface area contributed by atoms with Crippen molar-refractivity contribution in [1.29, 1.82) is 0 Å². The molecule has 0 atom stereocenters. The van der Waals surface area contributed by atoms with Gasteiger partial charge < -0.3 is 10.6 Å². The molecule has 1 aromatic rings. The van der Waals surface area contributed by atoms with Crippen molar-refractivity contribution in [1.82, 2.24) is 4.90 Å². The van der Waals surface area contributed by atoms with Gasteiger partial charge in [0.15, 0.2) is 0 Å². The van der Waals surface area contributed by atoms with E-state index in [9.17, 15) is 9.59 Å². The fourth-order valence-corrected chi connectivity index (χ4v) is 3.47. The Hall–Kier alpha value is -2.17. The maximum atomic E-state index is 12.8. The van der Waals surface area contributed by atoms with Crippen LogP contribution in [0.1, 0.15) is 44.1 Å². The second-order valence-electron chi connectivity index (χ2n) is 6.08. The van der Waals surface area contributed by atoms with Crippen LogP contribution in [0.3, 0.4) is 0 Å². The van der Waals surface area contributed by atoms with E-state index in [1.807, 2.05) is 30.3 Å². The van der Waals surface area contributed by atoms with Crippen LogP contribution in [0, 0.1) is 0 Å². The van der Waals surface area contributed by atoms with Crippen LogP contribution < -0.4 is 5.73 Å². The van der Waals surface area contributed by atoms with Gasteiger partial charge in [0.2, 0.25) is 5.91 Å². The third kappa shape index (κ3) is 2.63. The molecule has 22 heavy (non-hydrogen) atoms. The van der Waals surface area contributed by atoms with E-state index in [1.165, 1.54) is 0 Å². The lowest BCUT2D eigenvalue weighted by atomic mass is 10.00. The summed E-state index contributed by atoms with van der Waals surface area (Å²) in [4.78, 5) is 30.7. The van der Waals surface area contributed by atoms with Gasteiger partial charge in [0.25, 0.3) is 5.91 Å². The molecule has 116 valence electrons. The van der Waals surface area contributed by atoms with Gasteiger partial charge in [-0.3, -0.25) is 14.6 Å². The van der Waals surface area contributed by atoms with E-state index >= 15 is 0 Å². The zero-order valence-electron chi connectivity index (χ0n) is 12.6. The number of amides is 2. The number of primary amides is 1. The summed E-state index contributed by atoms with van der Waals surface area (Å²) in [7, 11) is 0. The van der Waals surface area contributed by atoms with Crippen molar-refractivity contribution in [2.75, 3.05) is 6.54 Å². The molecule has 0 unspecified atom stereocenters. The van der Waals surface area contributed by atoms with Crippen LogP contribution in [0.5, 0.6) is 0 Å². The van der Waals surface area contributed by atoms with Crippen molar-refractivity contribution in [2.24, 2.45) is 10.7 Å². The quantitative estimate of drug-likeness (QED) is 0.925. The molecule has 0 aromatic heterocycles. The number of nitrogens with two attached hydrogens (primary N) is 1. The summed E-state index contributed by atoms with van der Waals surface area (Å²) in [6.07, 6.45) is 5.96. The molecule has 5 heteroatoms. The second-order valence-corrected chi connectivity index (χ2v) is 6.08. The smallest absolute Gasteiger partial charge is 0.275 e. The highest BCUT2D eigenvalue weighted by atomic mass is 16.2. The summed E-state index contributed by atoms with van der Waals surface area (Å²) in [5.74, 6) is -0.659. The maximum Gasteiger partial charge on any atom is 0.275 e. The molecule has 1 saturated carbocycles. The molecule has 1 heterocycles. The Labute approximate surface area is 130 Å². The molecule has 2 aliphatic rings. The van der Waals surface area contributed by atoms with Crippen molar-refractivity contribution in [3.8, 4) is 0 Å². The molecule has 5 nitrogen and oxygen atoms in total. The van der Waals surface area contributed by atoms with Gasteiger partial charge in [0, 0.05) is 5.56 Å². The number of carbonyl (C=O) groups is 2. The Morgan fingerprint density at radius 2 is 1.77 bits per heavy atom. The third-order valence-electron chi connectivity index (χ3n) is 4.54. The van der Waals surface area contributed by atoms with Gasteiger partial charge in [-0.15, -0.1) is 0 Å². The number of hydrogen-bond acceptors (Lipinski definition) is 3. The number of carbonyl (C=O) groups excluding carboxylic acids is 2. The molecule has 0 radical (unpaired) electrons. The molecule has 1 fully saturated rings. The van der Waals surface area contributed by atoms with Crippen LogP contribution in [0.4, 0.5) is 0 Å². The molecule has 0 saturated heterocycles. The summed E-state index contributed by atoms with van der Waals surface area (Å²) in [6, 6.07) is 9.46. The van der Waals surface area contributed by atoms with Crippen LogP contribution >= 0.6 is 0 Å². The summed E-state index contributed by atoms with van der Waals surface area (Å²) >= 11 is 0. The van der Waals surface area contributed by atoms with Gasteiger partial charge in [-0.2, -0.15) is 0 Å². The largest absolute Gasteiger partial charge is 0.368 e. The van der Waals surface area contributed by atoms with Crippen molar-refractivity contribution in [3.63, 3.8) is 0 Å². The van der Waals surface area contributed by atoms with Crippen LogP contribution in [0.25, 0.3) is 0 Å². The van der Waals surface area contributed by atoms with Crippen molar-refractivity contribution < 1.29 is 9.59 Å². The molecule has 2 N–H and O–H groups in total. The Balaban J connectivity index is 2.01. The highest BCUT2D eigenvalue weighted by Gasteiger charge is 2.47. The lowest BCUT2D eigenvalue weighted by Crippen LogP contribution is -2.50. The van der Waals surface area contributed by atoms with Gasteiger partial charge in [-0.1, -0.05) is 43.2 Å². The standard InChI is InChI=1S/C17H21N3O2/c18-14(21)12-20-16(22)15(13-8-4-3-5-9-13)19-17(20)10-6-1-2-7-11-17/h3-5,8-9H,1-2,6-7,10-12H2,(H2,18,21). The van der Waals surface area contributed by atoms with Crippen LogP contribution in [0.15, 0.2) is 35.3 Å². The number of rotatable bonds is 3. The topological polar surface area (TPSA) is 75.8 Å². The fraction of sp³-hybridized carbons (Fsp3) is 0.471. The van der Waals surface area contributed by atoms with Gasteiger partial charge in [0.1, 0.15) is 17.9 Å². The summed E-state index contributed by atoms with van der Waals surface area (Å²) < 4.78 is 0. The van der Waals surface area contributed by atoms with E-state index in [0.29, 0.717) is 5.71 Å². The zero-order valence-corrected chi connectivity index (χ0v) is 12.6. The second kappa shape index (κ2) is 5.91. The lowest BCUT2D eigenvalue weighted by molar-refractivity contribution is -0.134. The zero-order chi connectivity index (χ0) is 15.6. The van der Waals surface area contributed by atoms with Gasteiger partial charge in [-0.25, -0.2) is 0 Å². The van der Waals surface area contributed by atoms with Gasteiger partial charge in [0.05, 0.1) is 0 Å². The lowest BCUT2D eigenvalue weighted by Gasteiger charge is -2.34. The number of hydrogen-bond donors (Lipinski definition) is 1. The van der Waals surface area contributed by atoms with Crippen LogP contribution in [-0.2, 0) is 9.59 Å². The number of benzene rings is 1. The first-order valence-electron chi connectivity index (χ1n) is 7.88. The Bertz CT molecular complexity index is 602. The molecule has 2 amide bonds. The fourth-order valence-electron chi connectivity index (χ4n) is 3.47. The predicted octanol–water partition coefficient (Wildman–Crippen LogP) is 1.85. The van der Waals surface area contributed by atoms with E-state index < -0.39 is 11.6 Å². The van der Waals surface area contributed by atoms with E-state index in [2.05, 4.69) is 0 Å². The molecule has 3 rings (SSSR count). The Morgan fingerprint density at radius 3 is 2.36 bits per heavy atom. The molecular formula is C17H21N3O2. The number of nitrogens with zero attached hydrogens (tertiary/aromatic N) is 2. The van der Waals surface area contributed by atoms with Gasteiger partial charge >= 0.3 is 0 Å². The molecular weight excluding hydrogens is 278 g/mol.